The summed E-state index contributed by atoms with van der Waals surface area (Å²) in [4.78, 5) is 0. The molecular formula is C19H25NO. The van der Waals surface area contributed by atoms with Gasteiger partial charge in [-0.1, -0.05) is 51.1 Å². The maximum atomic E-state index is 6.15. The molecule has 0 saturated carbocycles. The van der Waals surface area contributed by atoms with Gasteiger partial charge in [0.25, 0.3) is 0 Å². The topological polar surface area (TPSA) is 35.2 Å². The van der Waals surface area contributed by atoms with Gasteiger partial charge in [0.05, 0.1) is 0 Å². The van der Waals surface area contributed by atoms with Crippen molar-refractivity contribution >= 4 is 0 Å². The zero-order chi connectivity index (χ0) is 15.2. The molecule has 0 aliphatic heterocycles. The minimum absolute atomic E-state index is 0.0144. The monoisotopic (exact) mass is 283 g/mol. The zero-order valence-corrected chi connectivity index (χ0v) is 13.2. The second-order valence-corrected chi connectivity index (χ2v) is 5.53. The first kappa shape index (κ1) is 15.6. The molecule has 2 aromatic rings. The maximum absolute atomic E-state index is 6.15. The lowest BCUT2D eigenvalue weighted by molar-refractivity contribution is 0.468. The summed E-state index contributed by atoms with van der Waals surface area (Å²) in [7, 11) is 0. The molecule has 0 radical (unpaired) electrons. The van der Waals surface area contributed by atoms with E-state index >= 15 is 0 Å². The smallest absolute Gasteiger partial charge is 0.132 e. The van der Waals surface area contributed by atoms with E-state index in [-0.39, 0.29) is 6.04 Å². The van der Waals surface area contributed by atoms with E-state index in [9.17, 15) is 0 Å². The van der Waals surface area contributed by atoms with E-state index in [0.717, 1.165) is 29.9 Å². The van der Waals surface area contributed by atoms with E-state index in [0.29, 0.717) is 5.92 Å². The number of hydrogen-bond acceptors (Lipinski definition) is 2. The van der Waals surface area contributed by atoms with E-state index in [4.69, 9.17) is 10.5 Å². The normalized spacial score (nSPS) is 13.7. The second kappa shape index (κ2) is 7.28. The summed E-state index contributed by atoms with van der Waals surface area (Å²) >= 11 is 0. The molecule has 0 bridgehead atoms. The third-order valence-corrected chi connectivity index (χ3v) is 4.05. The van der Waals surface area contributed by atoms with E-state index in [1.165, 1.54) is 5.56 Å². The first-order valence-corrected chi connectivity index (χ1v) is 7.78. The van der Waals surface area contributed by atoms with Crippen molar-refractivity contribution in [3.05, 3.63) is 59.7 Å². The van der Waals surface area contributed by atoms with Crippen molar-refractivity contribution in [3.63, 3.8) is 0 Å². The van der Waals surface area contributed by atoms with Crippen molar-refractivity contribution in [1.29, 1.82) is 0 Å². The summed E-state index contributed by atoms with van der Waals surface area (Å²) < 4.78 is 6.02. The van der Waals surface area contributed by atoms with Crippen LogP contribution in [0.5, 0.6) is 11.5 Å². The molecule has 0 fully saturated rings. The number of ether oxygens (including phenoxy) is 1. The van der Waals surface area contributed by atoms with Gasteiger partial charge in [-0.3, -0.25) is 0 Å². The minimum Gasteiger partial charge on any atom is -0.457 e. The van der Waals surface area contributed by atoms with Crippen molar-refractivity contribution in [2.45, 2.75) is 45.6 Å². The van der Waals surface area contributed by atoms with Crippen molar-refractivity contribution in [1.82, 2.24) is 0 Å². The summed E-state index contributed by atoms with van der Waals surface area (Å²) in [5, 5.41) is 0. The Bertz CT molecular complexity index is 562. The van der Waals surface area contributed by atoms with Gasteiger partial charge in [-0.25, -0.2) is 0 Å². The standard InChI is InChI=1S/C19H25NO/c1-4-14(3)15-10-12-16(13-11-15)21-19-9-7-6-8-17(19)18(20)5-2/h6-14,18H,4-5,20H2,1-3H3/t14?,18-/m1/s1. The molecule has 21 heavy (non-hydrogen) atoms. The molecule has 2 nitrogen and oxygen atoms in total. The number of para-hydroxylation sites is 1. The average Bonchev–Trinajstić information content (AvgIpc) is 2.54. The first-order valence-electron chi connectivity index (χ1n) is 7.78. The lowest BCUT2D eigenvalue weighted by Gasteiger charge is -2.16. The van der Waals surface area contributed by atoms with Gasteiger partial charge in [0.1, 0.15) is 11.5 Å². The van der Waals surface area contributed by atoms with Crippen LogP contribution in [0.3, 0.4) is 0 Å². The summed E-state index contributed by atoms with van der Waals surface area (Å²) in [6, 6.07) is 16.4. The van der Waals surface area contributed by atoms with Crippen LogP contribution in [0.2, 0.25) is 0 Å². The van der Waals surface area contributed by atoms with Crippen molar-refractivity contribution in [2.24, 2.45) is 5.73 Å². The maximum Gasteiger partial charge on any atom is 0.132 e. The largest absolute Gasteiger partial charge is 0.457 e. The fourth-order valence-corrected chi connectivity index (χ4v) is 2.33. The molecule has 0 aliphatic rings. The summed E-state index contributed by atoms with van der Waals surface area (Å²) in [5.41, 5.74) is 8.56. The highest BCUT2D eigenvalue weighted by Gasteiger charge is 2.11. The quantitative estimate of drug-likeness (QED) is 0.770. The SMILES string of the molecule is CCC(C)c1ccc(Oc2ccccc2[C@H](N)CC)cc1. The van der Waals surface area contributed by atoms with Gasteiger partial charge in [-0.15, -0.1) is 0 Å². The lowest BCUT2D eigenvalue weighted by Crippen LogP contribution is -2.09. The van der Waals surface area contributed by atoms with Gasteiger partial charge in [0.2, 0.25) is 0 Å². The van der Waals surface area contributed by atoms with Crippen molar-refractivity contribution in [3.8, 4) is 11.5 Å². The Morgan fingerprint density at radius 2 is 1.62 bits per heavy atom. The number of hydrogen-bond donors (Lipinski definition) is 1. The van der Waals surface area contributed by atoms with Crippen LogP contribution >= 0.6 is 0 Å². The molecule has 1 unspecified atom stereocenters. The highest BCUT2D eigenvalue weighted by atomic mass is 16.5. The van der Waals surface area contributed by atoms with Gasteiger partial charge in [0, 0.05) is 11.6 Å². The van der Waals surface area contributed by atoms with Crippen molar-refractivity contribution in [2.75, 3.05) is 0 Å². The minimum atomic E-state index is 0.0144. The highest BCUT2D eigenvalue weighted by molar-refractivity contribution is 5.40. The highest BCUT2D eigenvalue weighted by Crippen LogP contribution is 2.30. The molecule has 2 atom stereocenters. The van der Waals surface area contributed by atoms with E-state index in [1.807, 2.05) is 36.4 Å². The molecule has 0 aliphatic carbocycles. The molecular weight excluding hydrogens is 258 g/mol. The van der Waals surface area contributed by atoms with Gasteiger partial charge < -0.3 is 10.5 Å². The Hall–Kier alpha value is -1.80. The molecule has 112 valence electrons. The molecule has 2 aromatic carbocycles. The predicted molar refractivity (Wildman–Crippen MR) is 88.9 cm³/mol. The van der Waals surface area contributed by atoms with E-state index in [2.05, 4.69) is 32.9 Å². The Labute approximate surface area is 127 Å². The fraction of sp³-hybridized carbons (Fsp3) is 0.368. The van der Waals surface area contributed by atoms with Crippen LogP contribution in [-0.4, -0.2) is 0 Å². The van der Waals surface area contributed by atoms with Crippen LogP contribution in [0.15, 0.2) is 48.5 Å². The summed E-state index contributed by atoms with van der Waals surface area (Å²) in [5.74, 6) is 2.29. The molecule has 0 spiro atoms. The van der Waals surface area contributed by atoms with Crippen LogP contribution in [0, 0.1) is 0 Å². The van der Waals surface area contributed by atoms with Crippen LogP contribution in [0.4, 0.5) is 0 Å². The third kappa shape index (κ3) is 3.85. The Morgan fingerprint density at radius 3 is 2.24 bits per heavy atom. The first-order chi connectivity index (χ1) is 10.2. The molecule has 0 amide bonds. The van der Waals surface area contributed by atoms with Crippen LogP contribution < -0.4 is 10.5 Å². The average molecular weight is 283 g/mol. The molecule has 0 heterocycles. The Morgan fingerprint density at radius 1 is 0.952 bits per heavy atom. The van der Waals surface area contributed by atoms with Crippen LogP contribution in [0.25, 0.3) is 0 Å². The van der Waals surface area contributed by atoms with Gasteiger partial charge in [-0.2, -0.15) is 0 Å². The van der Waals surface area contributed by atoms with Crippen LogP contribution in [-0.2, 0) is 0 Å². The van der Waals surface area contributed by atoms with Crippen LogP contribution in [0.1, 0.15) is 56.7 Å². The fourth-order valence-electron chi connectivity index (χ4n) is 2.33. The number of benzene rings is 2. The zero-order valence-electron chi connectivity index (χ0n) is 13.2. The Kier molecular flexibility index (Phi) is 5.40. The molecule has 2 heteroatoms. The van der Waals surface area contributed by atoms with Gasteiger partial charge in [0.15, 0.2) is 0 Å². The van der Waals surface area contributed by atoms with Crippen molar-refractivity contribution < 1.29 is 4.74 Å². The molecule has 0 aromatic heterocycles. The Balaban J connectivity index is 2.19. The van der Waals surface area contributed by atoms with E-state index < -0.39 is 0 Å². The predicted octanol–water partition coefficient (Wildman–Crippen LogP) is 5.40. The number of nitrogens with two attached hydrogens (primary N) is 1. The lowest BCUT2D eigenvalue weighted by atomic mass is 9.99. The molecule has 2 N–H and O–H groups in total. The summed E-state index contributed by atoms with van der Waals surface area (Å²) in [6.45, 7) is 6.53. The summed E-state index contributed by atoms with van der Waals surface area (Å²) in [6.07, 6.45) is 2.04. The molecule has 0 saturated heterocycles. The van der Waals surface area contributed by atoms with E-state index in [1.54, 1.807) is 0 Å². The third-order valence-electron chi connectivity index (χ3n) is 4.05. The second-order valence-electron chi connectivity index (χ2n) is 5.53. The van der Waals surface area contributed by atoms with Gasteiger partial charge >= 0.3 is 0 Å². The number of rotatable bonds is 6. The molecule has 2 rings (SSSR count). The van der Waals surface area contributed by atoms with Gasteiger partial charge in [-0.05, 0) is 42.5 Å².